The zero-order valence-electron chi connectivity index (χ0n) is 14.3. The second-order valence-corrected chi connectivity index (χ2v) is 7.20. The Morgan fingerprint density at radius 1 is 0.864 bits per heavy atom. The highest BCUT2D eigenvalue weighted by atomic mass is 16.3. The van der Waals surface area contributed by atoms with Crippen molar-refractivity contribution in [2.75, 3.05) is 0 Å². The van der Waals surface area contributed by atoms with Crippen LogP contribution < -0.4 is 0 Å². The lowest BCUT2D eigenvalue weighted by Gasteiger charge is -2.21. The molecule has 0 heterocycles. The Morgan fingerprint density at radius 3 is 2.05 bits per heavy atom. The van der Waals surface area contributed by atoms with Gasteiger partial charge in [-0.1, -0.05) is 70.5 Å². The van der Waals surface area contributed by atoms with Gasteiger partial charge in [-0.3, -0.25) is 0 Å². The van der Waals surface area contributed by atoms with Crippen molar-refractivity contribution in [3.05, 3.63) is 64.7 Å². The van der Waals surface area contributed by atoms with E-state index in [9.17, 15) is 5.11 Å². The summed E-state index contributed by atoms with van der Waals surface area (Å²) >= 11 is 0. The van der Waals surface area contributed by atoms with E-state index < -0.39 is 0 Å². The number of phenolic OH excluding ortho intramolecular Hbond substituents is 1. The van der Waals surface area contributed by atoms with Gasteiger partial charge >= 0.3 is 0 Å². The van der Waals surface area contributed by atoms with Crippen molar-refractivity contribution in [2.45, 2.75) is 58.8 Å². The Kier molecular flexibility index (Phi) is 5.28. The van der Waals surface area contributed by atoms with Crippen LogP contribution in [0.4, 0.5) is 0 Å². The Bertz CT molecular complexity index is 603. The van der Waals surface area contributed by atoms with Gasteiger partial charge in [-0.2, -0.15) is 0 Å². The van der Waals surface area contributed by atoms with Crippen LogP contribution in [-0.2, 0) is 18.3 Å². The molecule has 0 bridgehead atoms. The van der Waals surface area contributed by atoms with E-state index in [1.165, 1.54) is 36.0 Å². The zero-order valence-corrected chi connectivity index (χ0v) is 14.3. The molecule has 0 fully saturated rings. The first kappa shape index (κ1) is 16.6. The predicted molar refractivity (Wildman–Crippen MR) is 94.7 cm³/mol. The van der Waals surface area contributed by atoms with E-state index >= 15 is 0 Å². The summed E-state index contributed by atoms with van der Waals surface area (Å²) in [7, 11) is 0. The summed E-state index contributed by atoms with van der Waals surface area (Å²) < 4.78 is 0. The SMILES string of the molecule is CCCCc1ccc(Cc2ccc(O)c(C(C)(C)C)c2)cc1. The number of phenols is 1. The standard InChI is InChI=1S/C21H28O/c1-5-6-7-16-8-10-17(11-9-16)14-18-12-13-20(22)19(15-18)21(2,3)4/h8-13,15,22H,5-7,14H2,1-4H3. The van der Waals surface area contributed by atoms with Gasteiger partial charge in [0.15, 0.2) is 0 Å². The summed E-state index contributed by atoms with van der Waals surface area (Å²) in [5.74, 6) is 0.395. The molecule has 0 radical (unpaired) electrons. The minimum atomic E-state index is -0.0376. The van der Waals surface area contributed by atoms with Crippen molar-refractivity contribution in [3.8, 4) is 5.75 Å². The highest BCUT2D eigenvalue weighted by molar-refractivity contribution is 5.42. The molecule has 0 aliphatic heterocycles. The molecule has 0 saturated carbocycles. The number of unbranched alkanes of at least 4 members (excludes halogenated alkanes) is 1. The maximum absolute atomic E-state index is 10.1. The molecule has 0 unspecified atom stereocenters. The predicted octanol–water partition coefficient (Wildman–Crippen LogP) is 5.62. The van der Waals surface area contributed by atoms with Gasteiger partial charge in [0.05, 0.1) is 0 Å². The van der Waals surface area contributed by atoms with Crippen LogP contribution in [0.5, 0.6) is 5.75 Å². The Hall–Kier alpha value is -1.76. The van der Waals surface area contributed by atoms with E-state index in [2.05, 4.69) is 58.0 Å². The van der Waals surface area contributed by atoms with Crippen molar-refractivity contribution < 1.29 is 5.11 Å². The molecule has 2 aromatic rings. The average molecular weight is 296 g/mol. The normalized spacial score (nSPS) is 11.6. The van der Waals surface area contributed by atoms with Crippen LogP contribution in [-0.4, -0.2) is 5.11 Å². The number of hydrogen-bond donors (Lipinski definition) is 1. The molecule has 1 heteroatoms. The number of benzene rings is 2. The molecule has 0 aromatic heterocycles. The third-order valence-corrected chi connectivity index (χ3v) is 4.12. The minimum Gasteiger partial charge on any atom is -0.508 e. The largest absolute Gasteiger partial charge is 0.508 e. The van der Waals surface area contributed by atoms with Crippen molar-refractivity contribution >= 4 is 0 Å². The van der Waals surface area contributed by atoms with E-state index in [1.54, 1.807) is 0 Å². The summed E-state index contributed by atoms with van der Waals surface area (Å²) in [5.41, 5.74) is 4.98. The second kappa shape index (κ2) is 7.00. The van der Waals surface area contributed by atoms with Gasteiger partial charge in [-0.15, -0.1) is 0 Å². The molecule has 118 valence electrons. The van der Waals surface area contributed by atoms with Crippen LogP contribution >= 0.6 is 0 Å². The van der Waals surface area contributed by atoms with Gasteiger partial charge in [0.2, 0.25) is 0 Å². The Balaban J connectivity index is 2.14. The fraction of sp³-hybridized carbons (Fsp3) is 0.429. The molecule has 0 amide bonds. The maximum Gasteiger partial charge on any atom is 0.119 e. The van der Waals surface area contributed by atoms with E-state index in [4.69, 9.17) is 0 Å². The molecule has 1 nitrogen and oxygen atoms in total. The van der Waals surface area contributed by atoms with Gasteiger partial charge in [0.1, 0.15) is 5.75 Å². The maximum atomic E-state index is 10.1. The van der Waals surface area contributed by atoms with Crippen LogP contribution in [0.2, 0.25) is 0 Å². The Morgan fingerprint density at radius 2 is 1.45 bits per heavy atom. The smallest absolute Gasteiger partial charge is 0.119 e. The number of aromatic hydroxyl groups is 1. The van der Waals surface area contributed by atoms with Crippen LogP contribution in [0.15, 0.2) is 42.5 Å². The lowest BCUT2D eigenvalue weighted by molar-refractivity contribution is 0.446. The topological polar surface area (TPSA) is 20.2 Å². The third-order valence-electron chi connectivity index (χ3n) is 4.12. The van der Waals surface area contributed by atoms with Crippen LogP contribution in [0, 0.1) is 0 Å². The van der Waals surface area contributed by atoms with Crippen LogP contribution in [0.3, 0.4) is 0 Å². The second-order valence-electron chi connectivity index (χ2n) is 7.20. The first-order valence-electron chi connectivity index (χ1n) is 8.30. The Labute approximate surface area is 135 Å². The first-order valence-corrected chi connectivity index (χ1v) is 8.30. The van der Waals surface area contributed by atoms with E-state index in [-0.39, 0.29) is 5.41 Å². The van der Waals surface area contributed by atoms with Gasteiger partial charge in [0, 0.05) is 0 Å². The van der Waals surface area contributed by atoms with Crippen LogP contribution in [0.1, 0.15) is 62.8 Å². The number of aryl methyl sites for hydroxylation is 1. The van der Waals surface area contributed by atoms with Gasteiger partial charge < -0.3 is 5.11 Å². The molecule has 2 aromatic carbocycles. The fourth-order valence-electron chi connectivity index (χ4n) is 2.73. The number of rotatable bonds is 5. The average Bonchev–Trinajstić information content (AvgIpc) is 2.47. The van der Waals surface area contributed by atoms with E-state index in [0.717, 1.165) is 12.0 Å². The van der Waals surface area contributed by atoms with Crippen molar-refractivity contribution in [2.24, 2.45) is 0 Å². The molecule has 1 N–H and O–H groups in total. The van der Waals surface area contributed by atoms with Gasteiger partial charge in [-0.05, 0) is 53.0 Å². The quantitative estimate of drug-likeness (QED) is 0.759. The van der Waals surface area contributed by atoms with Crippen LogP contribution in [0.25, 0.3) is 0 Å². The van der Waals surface area contributed by atoms with Gasteiger partial charge in [0.25, 0.3) is 0 Å². The number of hydrogen-bond acceptors (Lipinski definition) is 1. The summed E-state index contributed by atoms with van der Waals surface area (Å²) in [6.07, 6.45) is 4.58. The van der Waals surface area contributed by atoms with E-state index in [0.29, 0.717) is 5.75 Å². The fourth-order valence-corrected chi connectivity index (χ4v) is 2.73. The molecule has 0 spiro atoms. The summed E-state index contributed by atoms with van der Waals surface area (Å²) in [6.45, 7) is 8.63. The van der Waals surface area contributed by atoms with Gasteiger partial charge in [-0.25, -0.2) is 0 Å². The third kappa shape index (κ3) is 4.37. The molecule has 0 saturated heterocycles. The molecule has 0 aliphatic carbocycles. The molecular formula is C21H28O. The highest BCUT2D eigenvalue weighted by Crippen LogP contribution is 2.31. The summed E-state index contributed by atoms with van der Waals surface area (Å²) in [5, 5.41) is 10.1. The lowest BCUT2D eigenvalue weighted by Crippen LogP contribution is -2.11. The summed E-state index contributed by atoms with van der Waals surface area (Å²) in [6, 6.07) is 14.9. The highest BCUT2D eigenvalue weighted by Gasteiger charge is 2.18. The monoisotopic (exact) mass is 296 g/mol. The molecular weight excluding hydrogens is 268 g/mol. The first-order chi connectivity index (χ1) is 10.4. The molecule has 2 rings (SSSR count). The minimum absolute atomic E-state index is 0.0376. The zero-order chi connectivity index (χ0) is 16.2. The molecule has 22 heavy (non-hydrogen) atoms. The van der Waals surface area contributed by atoms with E-state index in [1.807, 2.05) is 12.1 Å². The summed E-state index contributed by atoms with van der Waals surface area (Å²) in [4.78, 5) is 0. The van der Waals surface area contributed by atoms with Crippen molar-refractivity contribution in [1.82, 2.24) is 0 Å². The van der Waals surface area contributed by atoms with Crippen molar-refractivity contribution in [3.63, 3.8) is 0 Å². The molecule has 0 aliphatic rings. The van der Waals surface area contributed by atoms with Crippen molar-refractivity contribution in [1.29, 1.82) is 0 Å². The lowest BCUT2D eigenvalue weighted by atomic mass is 9.85. The molecule has 0 atom stereocenters.